The van der Waals surface area contributed by atoms with Gasteiger partial charge in [0, 0.05) is 25.2 Å². The monoisotopic (exact) mass is 298 g/mol. The molecule has 0 spiro atoms. The molecule has 2 unspecified atom stereocenters. The van der Waals surface area contributed by atoms with E-state index in [1.807, 2.05) is 37.3 Å². The Bertz CT molecular complexity index is 482. The number of rotatable bonds is 3. The van der Waals surface area contributed by atoms with Crippen LogP contribution in [0, 0.1) is 0 Å². The van der Waals surface area contributed by atoms with Crippen LogP contribution in [0.25, 0.3) is 0 Å². The predicted molar refractivity (Wildman–Crippen MR) is 76.1 cm³/mol. The largest absolute Gasteiger partial charge is 0.406 e. The minimum absolute atomic E-state index is 0.0684. The van der Waals surface area contributed by atoms with Gasteiger partial charge in [-0.3, -0.25) is 4.90 Å². The third-order valence-electron chi connectivity index (χ3n) is 4.78. The molecule has 0 bridgehead atoms. The highest BCUT2D eigenvalue weighted by molar-refractivity contribution is 5.18. The number of hydrogen-bond acceptors (Lipinski definition) is 2. The third-order valence-corrected chi connectivity index (χ3v) is 4.78. The Morgan fingerprint density at radius 1 is 1.24 bits per heavy atom. The second-order valence-electron chi connectivity index (χ2n) is 6.33. The van der Waals surface area contributed by atoms with E-state index >= 15 is 0 Å². The molecule has 21 heavy (non-hydrogen) atoms. The van der Waals surface area contributed by atoms with E-state index in [4.69, 9.17) is 0 Å². The SMILES string of the molecule is CC1CNC(Cc2ccccc2)CN1C1(C(F)(F)F)CC1. The van der Waals surface area contributed by atoms with Crippen LogP contribution in [0.1, 0.15) is 25.3 Å². The van der Waals surface area contributed by atoms with Crippen LogP contribution < -0.4 is 5.32 Å². The van der Waals surface area contributed by atoms with Gasteiger partial charge in [-0.05, 0) is 31.7 Å². The number of halogens is 3. The highest BCUT2D eigenvalue weighted by Gasteiger charge is 2.67. The average Bonchev–Trinajstić information content (AvgIpc) is 3.23. The molecule has 2 fully saturated rings. The quantitative estimate of drug-likeness (QED) is 0.923. The van der Waals surface area contributed by atoms with Gasteiger partial charge in [0.25, 0.3) is 0 Å². The standard InChI is InChI=1S/C16H21F3N2/c1-12-10-20-14(9-13-5-3-2-4-6-13)11-21(12)15(7-8-15)16(17,18)19/h2-6,12,14,20H,7-11H2,1H3. The summed E-state index contributed by atoms with van der Waals surface area (Å²) in [7, 11) is 0. The van der Waals surface area contributed by atoms with E-state index in [2.05, 4.69) is 5.32 Å². The van der Waals surface area contributed by atoms with Gasteiger partial charge in [0.1, 0.15) is 5.54 Å². The van der Waals surface area contributed by atoms with Gasteiger partial charge in [0.05, 0.1) is 0 Å². The van der Waals surface area contributed by atoms with Gasteiger partial charge in [0.2, 0.25) is 0 Å². The van der Waals surface area contributed by atoms with Crippen LogP contribution in [0.15, 0.2) is 30.3 Å². The van der Waals surface area contributed by atoms with Crippen molar-refractivity contribution in [2.75, 3.05) is 13.1 Å². The lowest BCUT2D eigenvalue weighted by Crippen LogP contribution is -2.63. The van der Waals surface area contributed by atoms with Crippen LogP contribution in [-0.4, -0.2) is 41.8 Å². The molecule has 1 heterocycles. The highest BCUT2D eigenvalue weighted by Crippen LogP contribution is 2.54. The van der Waals surface area contributed by atoms with E-state index in [0.29, 0.717) is 13.1 Å². The van der Waals surface area contributed by atoms with Crippen LogP contribution >= 0.6 is 0 Å². The number of benzene rings is 1. The molecule has 1 aliphatic carbocycles. The fourth-order valence-corrected chi connectivity index (χ4v) is 3.41. The maximum Gasteiger partial charge on any atom is 0.406 e. The number of nitrogens with zero attached hydrogens (tertiary/aromatic N) is 1. The van der Waals surface area contributed by atoms with Crippen molar-refractivity contribution in [2.24, 2.45) is 0 Å². The van der Waals surface area contributed by atoms with Crippen LogP contribution in [-0.2, 0) is 6.42 Å². The summed E-state index contributed by atoms with van der Waals surface area (Å²) in [6.07, 6.45) is -2.84. The van der Waals surface area contributed by atoms with Crippen molar-refractivity contribution >= 4 is 0 Å². The van der Waals surface area contributed by atoms with E-state index in [-0.39, 0.29) is 24.9 Å². The van der Waals surface area contributed by atoms with Gasteiger partial charge in [0.15, 0.2) is 0 Å². The summed E-state index contributed by atoms with van der Waals surface area (Å²) >= 11 is 0. The summed E-state index contributed by atoms with van der Waals surface area (Å²) in [5.74, 6) is 0. The van der Waals surface area contributed by atoms with Crippen LogP contribution in [0.4, 0.5) is 13.2 Å². The molecule has 1 saturated carbocycles. The fourth-order valence-electron chi connectivity index (χ4n) is 3.41. The summed E-state index contributed by atoms with van der Waals surface area (Å²) in [4.78, 5) is 1.69. The molecule has 1 aromatic carbocycles. The Morgan fingerprint density at radius 3 is 2.48 bits per heavy atom. The van der Waals surface area contributed by atoms with Crippen molar-refractivity contribution in [1.29, 1.82) is 0 Å². The Morgan fingerprint density at radius 2 is 1.90 bits per heavy atom. The van der Waals surface area contributed by atoms with Crippen LogP contribution in [0.2, 0.25) is 0 Å². The molecule has 0 radical (unpaired) electrons. The zero-order valence-electron chi connectivity index (χ0n) is 12.2. The molecule has 2 atom stereocenters. The maximum absolute atomic E-state index is 13.3. The van der Waals surface area contributed by atoms with E-state index in [0.717, 1.165) is 6.42 Å². The topological polar surface area (TPSA) is 15.3 Å². The molecule has 1 aliphatic heterocycles. The smallest absolute Gasteiger partial charge is 0.311 e. The Kier molecular flexibility index (Phi) is 3.74. The van der Waals surface area contributed by atoms with E-state index < -0.39 is 11.7 Å². The number of nitrogens with one attached hydrogen (secondary N) is 1. The summed E-state index contributed by atoms with van der Waals surface area (Å²) in [5, 5.41) is 3.39. The first-order chi connectivity index (χ1) is 9.92. The van der Waals surface area contributed by atoms with E-state index in [1.54, 1.807) is 4.90 Å². The van der Waals surface area contributed by atoms with Gasteiger partial charge < -0.3 is 5.32 Å². The predicted octanol–water partition coefficient (Wildman–Crippen LogP) is 2.99. The minimum atomic E-state index is -4.12. The molecular formula is C16H21F3N2. The number of alkyl halides is 3. The lowest BCUT2D eigenvalue weighted by atomic mass is 9.99. The summed E-state index contributed by atoms with van der Waals surface area (Å²) < 4.78 is 40.0. The van der Waals surface area contributed by atoms with Gasteiger partial charge in [-0.2, -0.15) is 13.2 Å². The van der Waals surface area contributed by atoms with Gasteiger partial charge >= 0.3 is 6.18 Å². The molecule has 3 rings (SSSR count). The molecule has 2 nitrogen and oxygen atoms in total. The molecule has 5 heteroatoms. The maximum atomic E-state index is 13.3. The van der Waals surface area contributed by atoms with Crippen molar-refractivity contribution < 1.29 is 13.2 Å². The Labute approximate surface area is 123 Å². The molecule has 0 aromatic heterocycles. The number of hydrogen-bond donors (Lipinski definition) is 1. The molecule has 2 aliphatic rings. The molecule has 0 amide bonds. The van der Waals surface area contributed by atoms with Crippen molar-refractivity contribution in [3.8, 4) is 0 Å². The van der Waals surface area contributed by atoms with Gasteiger partial charge in [-0.25, -0.2) is 0 Å². The first-order valence-corrected chi connectivity index (χ1v) is 7.53. The first kappa shape index (κ1) is 14.9. The van der Waals surface area contributed by atoms with Crippen molar-refractivity contribution in [2.45, 2.75) is 50.0 Å². The van der Waals surface area contributed by atoms with Crippen molar-refractivity contribution in [3.05, 3.63) is 35.9 Å². The zero-order chi connectivity index (χ0) is 15.1. The van der Waals surface area contributed by atoms with Crippen LogP contribution in [0.3, 0.4) is 0 Å². The first-order valence-electron chi connectivity index (χ1n) is 7.53. The molecular weight excluding hydrogens is 277 g/mol. The van der Waals surface area contributed by atoms with Crippen molar-refractivity contribution in [3.63, 3.8) is 0 Å². The lowest BCUT2D eigenvalue weighted by molar-refractivity contribution is -0.205. The normalized spacial score (nSPS) is 29.3. The fraction of sp³-hybridized carbons (Fsp3) is 0.625. The summed E-state index contributed by atoms with van der Waals surface area (Å²) in [6.45, 7) is 2.97. The second kappa shape index (κ2) is 5.29. The third kappa shape index (κ3) is 2.81. The molecule has 1 saturated heterocycles. The Hall–Kier alpha value is -1.07. The minimum Gasteiger partial charge on any atom is -0.311 e. The summed E-state index contributed by atoms with van der Waals surface area (Å²) in [6, 6.07) is 9.97. The summed E-state index contributed by atoms with van der Waals surface area (Å²) in [5.41, 5.74) is -0.384. The van der Waals surface area contributed by atoms with Crippen molar-refractivity contribution in [1.82, 2.24) is 10.2 Å². The Balaban J connectivity index is 1.71. The van der Waals surface area contributed by atoms with E-state index in [9.17, 15) is 13.2 Å². The van der Waals surface area contributed by atoms with Gasteiger partial charge in [-0.1, -0.05) is 30.3 Å². The lowest BCUT2D eigenvalue weighted by Gasteiger charge is -2.44. The van der Waals surface area contributed by atoms with Gasteiger partial charge in [-0.15, -0.1) is 0 Å². The number of piperazine rings is 1. The van der Waals surface area contributed by atoms with Crippen LogP contribution in [0.5, 0.6) is 0 Å². The molecule has 116 valence electrons. The highest BCUT2D eigenvalue weighted by atomic mass is 19.4. The molecule has 1 aromatic rings. The van der Waals surface area contributed by atoms with E-state index in [1.165, 1.54) is 5.56 Å². The zero-order valence-corrected chi connectivity index (χ0v) is 12.2. The molecule has 1 N–H and O–H groups in total. The second-order valence-corrected chi connectivity index (χ2v) is 6.33. The average molecular weight is 298 g/mol.